The molecule has 0 aromatic carbocycles. The highest BCUT2D eigenvalue weighted by Crippen LogP contribution is 2.34. The van der Waals surface area contributed by atoms with Gasteiger partial charge < -0.3 is 107 Å². The molecule has 15 unspecified atom stereocenters. The van der Waals surface area contributed by atoms with Crippen LogP contribution in [0.15, 0.2) is 31.0 Å². The number of aromatic nitrogens is 10. The summed E-state index contributed by atoms with van der Waals surface area (Å²) in [5, 5.41) is 81.8. The van der Waals surface area contributed by atoms with Gasteiger partial charge in [-0.15, -0.1) is 0 Å². The minimum atomic E-state index is -2.18. The molecule has 5 aliphatic carbocycles. The first-order valence-corrected chi connectivity index (χ1v) is 39.3. The lowest BCUT2D eigenvalue weighted by Crippen LogP contribution is -2.36. The molecule has 0 aliphatic heterocycles. The summed E-state index contributed by atoms with van der Waals surface area (Å²) in [7, 11) is 0. The summed E-state index contributed by atoms with van der Waals surface area (Å²) in [5.74, 6) is -1.72. The topological polar surface area (TPSA) is 566 Å². The Morgan fingerprint density at radius 1 is 0.357 bits per heavy atom. The van der Waals surface area contributed by atoms with E-state index in [9.17, 15) is 49.5 Å². The van der Waals surface area contributed by atoms with Crippen molar-refractivity contribution in [2.45, 2.75) is 323 Å². The molecule has 35 heteroatoms. The molecule has 5 aromatic rings. The zero-order valence-corrected chi connectivity index (χ0v) is 70.4. The van der Waals surface area contributed by atoms with E-state index in [0.29, 0.717) is 92.7 Å². The number of aliphatic hydroxyl groups excluding tert-OH is 4. The minimum absolute atomic E-state index is 0.0751. The number of carbonyl (C=O) groups excluding carboxylic acids is 5. The van der Waals surface area contributed by atoms with Crippen LogP contribution >= 0.6 is 0 Å². The van der Waals surface area contributed by atoms with Crippen molar-refractivity contribution < 1.29 is 60.5 Å². The van der Waals surface area contributed by atoms with E-state index in [4.69, 9.17) is 39.6 Å². The molecular weight excluding hydrogens is 1470 g/mol. The van der Waals surface area contributed by atoms with E-state index in [1.165, 1.54) is 31.0 Å². The first kappa shape index (κ1) is 82.1. The fourth-order valence-corrected chi connectivity index (χ4v) is 12.5. The van der Waals surface area contributed by atoms with Gasteiger partial charge in [0.05, 0.1) is 61.1 Å². The quantitative estimate of drug-likeness (QED) is 0.0346. The lowest BCUT2D eigenvalue weighted by molar-refractivity contribution is 0.0737. The van der Waals surface area contributed by atoms with E-state index in [1.807, 2.05) is 125 Å². The van der Waals surface area contributed by atoms with E-state index >= 15 is 0 Å². The van der Waals surface area contributed by atoms with Crippen molar-refractivity contribution in [3.05, 3.63) is 58.8 Å². The largest absolute Gasteiger partial charge is 0.393 e. The molecule has 25 N–H and O–H groups in total. The first-order valence-electron chi connectivity index (χ1n) is 43.3. The van der Waals surface area contributed by atoms with Crippen molar-refractivity contribution in [3.8, 4) is 0 Å². The van der Waals surface area contributed by atoms with Gasteiger partial charge in [-0.05, 0) is 230 Å². The van der Waals surface area contributed by atoms with E-state index in [-0.39, 0.29) is 128 Å². The Balaban J connectivity index is 0.000000238. The Bertz CT molecular complexity index is 4430. The van der Waals surface area contributed by atoms with Gasteiger partial charge in [-0.25, -0.2) is 24.9 Å². The monoisotopic (exact) mass is 1610 g/mol. The van der Waals surface area contributed by atoms with Gasteiger partial charge in [0.25, 0.3) is 29.5 Å². The molecular formula is C80H135N25O10. The number of anilines is 10. The second-order valence-electron chi connectivity index (χ2n) is 35.7. The SMILES string of the molecule is [2H]C([2H])([2H])C1CCC(Nc2nc(NC(C)(C)C)ncc2C(N)=O)CC1O.[2H]C1(C)CCC(Nc2nc(NC(C)(C)C)ncc2C(N)=O)CC1O.[2H]C1(Nc2nc(NC(C)(C)C)ncc2C(N)=O)CCC(C)C(O)C1.[2H]C1(O)CC(Nc2nc(NC(C)(C)C)ncc2C(N)=O)CCC1C.[2H]C1([2H])C(Nc2nc(NC(C)(C)C)ncc2C(N)=O)CCC(C)C1O. The third-order valence-electron chi connectivity index (χ3n) is 18.9. The van der Waals surface area contributed by atoms with Crippen LogP contribution in [0.1, 0.15) is 297 Å². The van der Waals surface area contributed by atoms with Gasteiger partial charge in [-0.2, -0.15) is 24.9 Å². The van der Waals surface area contributed by atoms with Crippen LogP contribution in [0.4, 0.5) is 58.8 Å². The standard InChI is InChI=1S/5C16H27N5O2/c5*1-9-5-6-10(7-12(9)22)19-14-11(13(17)23)8-18-15(20-14)21-16(2,3)4/h5*8-10,12,22H,5-7H2,1-4H3,(H2,17,23)(H2,18,19,20,21)/i12D;10D;9D;7D2;1D3. The Labute approximate surface area is 689 Å². The normalized spacial score (nSPS) is 28.5. The molecule has 5 amide bonds. The highest BCUT2D eigenvalue weighted by Gasteiger charge is 2.34. The number of hydrogen-bond acceptors (Lipinski definition) is 30. The summed E-state index contributed by atoms with van der Waals surface area (Å²) in [6, 6.07) is -2.22. The zero-order valence-electron chi connectivity index (χ0n) is 78.4. The Hall–Kier alpha value is -9.45. The van der Waals surface area contributed by atoms with Crippen LogP contribution in [0, 0.1) is 29.6 Å². The van der Waals surface area contributed by atoms with Crippen molar-refractivity contribution in [1.29, 1.82) is 0 Å². The fraction of sp³-hybridized carbons (Fsp3) is 0.688. The van der Waals surface area contributed by atoms with Gasteiger partial charge in [0.15, 0.2) is 0 Å². The number of nitrogens with one attached hydrogen (secondary N) is 10. The van der Waals surface area contributed by atoms with Gasteiger partial charge in [0.2, 0.25) is 29.7 Å². The van der Waals surface area contributed by atoms with Crippen LogP contribution < -0.4 is 81.8 Å². The van der Waals surface area contributed by atoms with Crippen LogP contribution in [-0.4, -0.2) is 193 Å². The van der Waals surface area contributed by atoms with E-state index in [0.717, 1.165) is 19.3 Å². The highest BCUT2D eigenvalue weighted by atomic mass is 16.3. The van der Waals surface area contributed by atoms with Gasteiger partial charge in [0, 0.05) is 97.1 Å². The molecule has 0 spiro atoms. The van der Waals surface area contributed by atoms with Crippen molar-refractivity contribution in [2.24, 2.45) is 58.2 Å². The van der Waals surface area contributed by atoms with Crippen molar-refractivity contribution in [1.82, 2.24) is 49.8 Å². The Kier molecular flexibility index (Phi) is 29.2. The highest BCUT2D eigenvalue weighted by molar-refractivity contribution is 6.00. The third-order valence-corrected chi connectivity index (χ3v) is 18.9. The second-order valence-corrected chi connectivity index (χ2v) is 35.7. The number of carbonyl (C=O) groups is 5. The molecule has 5 fully saturated rings. The van der Waals surface area contributed by atoms with Crippen molar-refractivity contribution in [2.75, 3.05) is 53.2 Å². The van der Waals surface area contributed by atoms with Crippen LogP contribution in [0.5, 0.6) is 0 Å². The summed E-state index contributed by atoms with van der Waals surface area (Å²) in [4.78, 5) is 101. The maximum atomic E-state index is 11.7. The second kappa shape index (κ2) is 40.9. The summed E-state index contributed by atoms with van der Waals surface area (Å²) < 4.78 is 63.6. The number of nitrogens with two attached hydrogens (primary N) is 5. The van der Waals surface area contributed by atoms with Crippen molar-refractivity contribution in [3.63, 3.8) is 0 Å². The van der Waals surface area contributed by atoms with E-state index < -0.39 is 97.1 Å². The molecule has 115 heavy (non-hydrogen) atoms. The maximum absolute atomic E-state index is 11.7. The van der Waals surface area contributed by atoms with Crippen LogP contribution in [0.2, 0.25) is 0 Å². The van der Waals surface area contributed by atoms with Gasteiger partial charge in [0.1, 0.15) is 29.1 Å². The number of amides is 5. The summed E-state index contributed by atoms with van der Waals surface area (Å²) >= 11 is 0. The lowest BCUT2D eigenvalue weighted by atomic mass is 9.85. The molecule has 0 saturated heterocycles. The van der Waals surface area contributed by atoms with E-state index in [1.54, 1.807) is 6.92 Å². The van der Waals surface area contributed by atoms with Gasteiger partial charge in [-0.1, -0.05) is 34.5 Å². The number of primary amides is 5. The molecule has 0 radical (unpaired) electrons. The maximum Gasteiger partial charge on any atom is 0.254 e. The molecule has 5 heterocycles. The molecule has 0 bridgehead atoms. The number of rotatable bonds is 20. The predicted molar refractivity (Wildman–Crippen MR) is 452 cm³/mol. The number of hydrogen-bond donors (Lipinski definition) is 20. The molecule has 5 aliphatic rings. The molecule has 5 saturated carbocycles. The molecule has 640 valence electrons. The third kappa shape index (κ3) is 31.9. The summed E-state index contributed by atoms with van der Waals surface area (Å²) in [5.41, 5.74) is 26.5. The molecule has 10 rings (SSSR count). The minimum Gasteiger partial charge on any atom is -0.393 e. The smallest absolute Gasteiger partial charge is 0.254 e. The summed E-state index contributed by atoms with van der Waals surface area (Å²) in [6.07, 6.45) is 7.52. The zero-order chi connectivity index (χ0) is 93.1. The molecule has 35 nitrogen and oxygen atoms in total. The van der Waals surface area contributed by atoms with Crippen molar-refractivity contribution >= 4 is 88.4 Å². The van der Waals surface area contributed by atoms with Gasteiger partial charge >= 0.3 is 0 Å². The van der Waals surface area contributed by atoms with Crippen LogP contribution in [0.25, 0.3) is 0 Å². The van der Waals surface area contributed by atoms with Crippen LogP contribution in [0.3, 0.4) is 0 Å². The predicted octanol–water partition coefficient (Wildman–Crippen LogP) is 8.74. The fourth-order valence-electron chi connectivity index (χ4n) is 12.5. The first-order chi connectivity index (χ1) is 56.2. The number of aliphatic hydroxyl groups is 5. The Morgan fingerprint density at radius 2 is 0.626 bits per heavy atom. The van der Waals surface area contributed by atoms with E-state index in [2.05, 4.69) is 103 Å². The average Bonchev–Trinajstić information content (AvgIpc) is 0.790. The average molecular weight is 1620 g/mol. The Morgan fingerprint density at radius 3 is 0.930 bits per heavy atom. The van der Waals surface area contributed by atoms with Gasteiger partial charge in [-0.3, -0.25) is 24.0 Å². The lowest BCUT2D eigenvalue weighted by Gasteiger charge is -2.32. The summed E-state index contributed by atoms with van der Waals surface area (Å²) in [6.45, 7) is 34.7. The molecule has 15 atom stereocenters. The van der Waals surface area contributed by atoms with Crippen LogP contribution in [-0.2, 0) is 0 Å². The number of nitrogens with zero attached hydrogens (tertiary/aromatic N) is 10. The molecule has 5 aromatic heterocycles.